The summed E-state index contributed by atoms with van der Waals surface area (Å²) >= 11 is 7.54. The van der Waals surface area contributed by atoms with E-state index in [9.17, 15) is 0 Å². The molecule has 0 heterocycles. The Hall–Kier alpha value is -3.20. The van der Waals surface area contributed by atoms with Crippen LogP contribution in [-0.2, 0) is 0 Å². The van der Waals surface area contributed by atoms with E-state index in [4.69, 9.17) is 0 Å². The van der Waals surface area contributed by atoms with Gasteiger partial charge in [-0.2, -0.15) is 0 Å². The van der Waals surface area contributed by atoms with Crippen LogP contribution in [0.3, 0.4) is 0 Å². The van der Waals surface area contributed by atoms with Gasteiger partial charge in [0, 0.05) is 8.95 Å². The molecule has 1 aliphatic rings. The Morgan fingerprint density at radius 1 is 0.676 bits per heavy atom. The van der Waals surface area contributed by atoms with Gasteiger partial charge in [-0.15, -0.1) is 0 Å². The Bertz CT molecular complexity index is 1680. The van der Waals surface area contributed by atoms with Gasteiger partial charge in [-0.05, 0) is 110 Å². The van der Waals surface area contributed by atoms with Crippen LogP contribution < -0.4 is 0 Å². The summed E-state index contributed by atoms with van der Waals surface area (Å²) in [6.45, 7) is 8.15. The molecule has 0 saturated carbocycles. The number of halogens is 2. The minimum absolute atomic E-state index is 1.02. The summed E-state index contributed by atoms with van der Waals surface area (Å²) in [5.74, 6) is 0. The van der Waals surface area contributed by atoms with E-state index in [-0.39, 0.29) is 0 Å². The molecule has 0 unspecified atom stereocenters. The monoisotopic (exact) mass is 562 g/mol. The molecule has 0 saturated heterocycles. The van der Waals surface area contributed by atoms with E-state index in [2.05, 4.69) is 130 Å². The lowest BCUT2D eigenvalue weighted by atomic mass is 9.82. The van der Waals surface area contributed by atoms with Gasteiger partial charge in [0.05, 0.1) is 0 Å². The third-order valence-corrected chi connectivity index (χ3v) is 8.51. The molecule has 34 heavy (non-hydrogen) atoms. The van der Waals surface area contributed by atoms with Crippen LogP contribution in [-0.4, -0.2) is 0 Å². The molecule has 0 spiro atoms. The van der Waals surface area contributed by atoms with Crippen LogP contribution in [0, 0.1) is 0 Å². The Morgan fingerprint density at radius 2 is 1.32 bits per heavy atom. The minimum atomic E-state index is 1.02. The fraction of sp³-hybridized carbons (Fsp3) is 0. The topological polar surface area (TPSA) is 0 Å². The molecule has 0 amide bonds. The molecule has 0 fully saturated rings. The first-order chi connectivity index (χ1) is 16.6. The van der Waals surface area contributed by atoms with Gasteiger partial charge >= 0.3 is 0 Å². The summed E-state index contributed by atoms with van der Waals surface area (Å²) in [5, 5.41) is 4.96. The number of benzene rings is 5. The second-order valence-corrected chi connectivity index (χ2v) is 10.2. The molecule has 5 aromatic carbocycles. The second-order valence-electron chi connectivity index (χ2n) is 8.45. The van der Waals surface area contributed by atoms with Crippen molar-refractivity contribution in [1.82, 2.24) is 0 Å². The molecule has 0 N–H and O–H groups in total. The Balaban J connectivity index is 1.95. The summed E-state index contributed by atoms with van der Waals surface area (Å²) in [5.41, 5.74) is 9.83. The molecule has 5 aromatic rings. The zero-order chi connectivity index (χ0) is 23.4. The number of hydrogen-bond donors (Lipinski definition) is 0. The van der Waals surface area contributed by atoms with Crippen molar-refractivity contribution < 1.29 is 0 Å². The average Bonchev–Trinajstić information content (AvgIpc) is 3.19. The van der Waals surface area contributed by atoms with Crippen LogP contribution >= 0.6 is 31.9 Å². The zero-order valence-electron chi connectivity index (χ0n) is 18.4. The van der Waals surface area contributed by atoms with Crippen molar-refractivity contribution in [2.45, 2.75) is 0 Å². The molecule has 2 heteroatoms. The molecule has 0 bridgehead atoms. The maximum atomic E-state index is 4.17. The predicted molar refractivity (Wildman–Crippen MR) is 155 cm³/mol. The fourth-order valence-electron chi connectivity index (χ4n) is 5.36. The molecule has 0 aliphatic heterocycles. The van der Waals surface area contributed by atoms with Crippen LogP contribution in [0.4, 0.5) is 0 Å². The van der Waals surface area contributed by atoms with Gasteiger partial charge in [-0.25, -0.2) is 0 Å². The van der Waals surface area contributed by atoms with E-state index >= 15 is 0 Å². The van der Waals surface area contributed by atoms with Gasteiger partial charge in [0.1, 0.15) is 0 Å². The molecule has 6 rings (SSSR count). The normalized spacial score (nSPS) is 12.2. The van der Waals surface area contributed by atoms with Crippen LogP contribution in [0.5, 0.6) is 0 Å². The lowest BCUT2D eigenvalue weighted by Gasteiger charge is -2.21. The van der Waals surface area contributed by atoms with Crippen LogP contribution in [0.25, 0.3) is 60.5 Å². The van der Waals surface area contributed by atoms with E-state index < -0.39 is 0 Å². The van der Waals surface area contributed by atoms with Crippen molar-refractivity contribution in [1.29, 1.82) is 0 Å². The highest BCUT2D eigenvalue weighted by Crippen LogP contribution is 2.57. The third-order valence-electron chi connectivity index (χ3n) is 6.66. The number of hydrogen-bond acceptors (Lipinski definition) is 0. The highest BCUT2D eigenvalue weighted by Gasteiger charge is 2.30. The lowest BCUT2D eigenvalue weighted by Crippen LogP contribution is -1.96. The summed E-state index contributed by atoms with van der Waals surface area (Å²) in [6, 6.07) is 28.4. The van der Waals surface area contributed by atoms with Crippen LogP contribution in [0.15, 0.2) is 119 Å². The first-order valence-electron chi connectivity index (χ1n) is 11.2. The largest absolute Gasteiger partial charge is 0.0990 e. The fourth-order valence-corrected chi connectivity index (χ4v) is 6.05. The number of fused-ring (bicyclic) bond motifs is 4. The van der Waals surface area contributed by atoms with Crippen molar-refractivity contribution in [2.24, 2.45) is 0 Å². The van der Waals surface area contributed by atoms with Crippen LogP contribution in [0.1, 0.15) is 5.56 Å². The van der Waals surface area contributed by atoms with Gasteiger partial charge in [-0.1, -0.05) is 98.1 Å². The summed E-state index contributed by atoms with van der Waals surface area (Å²) in [4.78, 5) is 0. The van der Waals surface area contributed by atoms with Crippen LogP contribution in [0.2, 0.25) is 0 Å². The molecule has 0 radical (unpaired) electrons. The van der Waals surface area contributed by atoms with Crippen molar-refractivity contribution in [3.63, 3.8) is 0 Å². The highest BCUT2D eigenvalue weighted by atomic mass is 79.9. The van der Waals surface area contributed by atoms with E-state index in [1.165, 1.54) is 60.5 Å². The Labute approximate surface area is 216 Å². The quantitative estimate of drug-likeness (QED) is 0.187. The van der Waals surface area contributed by atoms with E-state index in [1.54, 1.807) is 0 Å². The Morgan fingerprint density at radius 3 is 1.97 bits per heavy atom. The minimum Gasteiger partial charge on any atom is -0.0990 e. The second kappa shape index (κ2) is 8.23. The van der Waals surface area contributed by atoms with Crippen molar-refractivity contribution >= 4 is 59.0 Å². The van der Waals surface area contributed by atoms with Gasteiger partial charge in [0.25, 0.3) is 0 Å². The first kappa shape index (κ1) is 21.3. The standard InChI is InChI=1S/C32H20Br2/c1-3-10-19(4-2)29-24-17-26(33)27(34)18-25(24)30(21-11-6-5-7-12-21)32-23-16-9-14-20-13-8-15-22(28(20)23)31(29)32/h3-18H,1-2H2/b19-10+. The van der Waals surface area contributed by atoms with Crippen molar-refractivity contribution in [3.05, 3.63) is 125 Å². The molecule has 0 atom stereocenters. The lowest BCUT2D eigenvalue weighted by molar-refractivity contribution is 1.59. The summed E-state index contributed by atoms with van der Waals surface area (Å²) in [6.07, 6.45) is 5.85. The zero-order valence-corrected chi connectivity index (χ0v) is 21.6. The third kappa shape index (κ3) is 3.02. The molecule has 0 nitrogen and oxygen atoms in total. The van der Waals surface area contributed by atoms with Gasteiger partial charge in [-0.3, -0.25) is 0 Å². The molecular weight excluding hydrogens is 544 g/mol. The van der Waals surface area contributed by atoms with Gasteiger partial charge in [0.2, 0.25) is 0 Å². The van der Waals surface area contributed by atoms with E-state index in [1.807, 2.05) is 12.2 Å². The van der Waals surface area contributed by atoms with E-state index in [0.717, 1.165) is 14.5 Å². The molecule has 0 aromatic heterocycles. The predicted octanol–water partition coefficient (Wildman–Crippen LogP) is 10.6. The SMILES string of the molecule is C=C/C=C(\C=C)c1c2c(c(-c3ccccc3)c3cc(Br)c(Br)cc13)-c1cccc3cccc-2c13. The number of rotatable bonds is 4. The summed E-state index contributed by atoms with van der Waals surface area (Å²) < 4.78 is 2.06. The average molecular weight is 564 g/mol. The summed E-state index contributed by atoms with van der Waals surface area (Å²) in [7, 11) is 0. The molecule has 162 valence electrons. The smallest absolute Gasteiger partial charge is 0.0324 e. The van der Waals surface area contributed by atoms with Crippen molar-refractivity contribution in [2.75, 3.05) is 0 Å². The molecule has 1 aliphatic carbocycles. The maximum Gasteiger partial charge on any atom is 0.0324 e. The Kier molecular flexibility index (Phi) is 5.17. The van der Waals surface area contributed by atoms with Gasteiger partial charge < -0.3 is 0 Å². The number of allylic oxidation sites excluding steroid dienone is 4. The molecular formula is C32H20Br2. The van der Waals surface area contributed by atoms with Crippen molar-refractivity contribution in [3.8, 4) is 33.4 Å². The van der Waals surface area contributed by atoms with E-state index in [0.29, 0.717) is 0 Å². The first-order valence-corrected chi connectivity index (χ1v) is 12.7. The highest BCUT2D eigenvalue weighted by molar-refractivity contribution is 9.13. The van der Waals surface area contributed by atoms with Gasteiger partial charge in [0.15, 0.2) is 0 Å². The maximum absolute atomic E-state index is 4.17.